The Bertz CT molecular complexity index is 822. The fraction of sp³-hybridized carbons (Fsp3) is 0.250. The van der Waals surface area contributed by atoms with Gasteiger partial charge in [0.2, 0.25) is 0 Å². The average Bonchev–Trinajstić information content (AvgIpc) is 3.13. The number of nitrogens with zero attached hydrogens (tertiary/aromatic N) is 3. The van der Waals surface area contributed by atoms with Gasteiger partial charge in [0.25, 0.3) is 5.91 Å². The summed E-state index contributed by atoms with van der Waals surface area (Å²) >= 11 is 0. The van der Waals surface area contributed by atoms with Crippen molar-refractivity contribution < 1.29 is 4.79 Å². The van der Waals surface area contributed by atoms with Crippen molar-refractivity contribution in [3.8, 4) is 11.3 Å². The van der Waals surface area contributed by atoms with Gasteiger partial charge in [-0.1, -0.05) is 30.3 Å². The summed E-state index contributed by atoms with van der Waals surface area (Å²) < 4.78 is 1.89. The van der Waals surface area contributed by atoms with Crippen LogP contribution < -0.4 is 5.32 Å². The first-order chi connectivity index (χ1) is 12.1. The van der Waals surface area contributed by atoms with Crippen molar-refractivity contribution in [3.63, 3.8) is 0 Å². The monoisotopic (exact) mass is 334 g/mol. The van der Waals surface area contributed by atoms with Crippen molar-refractivity contribution in [1.82, 2.24) is 20.1 Å². The summed E-state index contributed by atoms with van der Waals surface area (Å²) in [4.78, 5) is 16.6. The molecular formula is C20H22N4O. The van der Waals surface area contributed by atoms with Crippen LogP contribution in [0.4, 0.5) is 0 Å². The summed E-state index contributed by atoms with van der Waals surface area (Å²) in [6.45, 7) is 4.76. The van der Waals surface area contributed by atoms with Crippen LogP contribution in [0.25, 0.3) is 11.3 Å². The zero-order valence-corrected chi connectivity index (χ0v) is 14.5. The third kappa shape index (κ3) is 4.32. The number of carbonyl (C=O) groups excluding carboxylic acids is 1. The van der Waals surface area contributed by atoms with Gasteiger partial charge in [-0.15, -0.1) is 0 Å². The standard InChI is InChI=1S/C20H22N4O/c1-15(2)24-14-18(13-23-24)19-9-8-17(12-22-19)20(25)21-11-10-16-6-4-3-5-7-16/h3-9,12-15H,10-11H2,1-2H3,(H,21,25). The van der Waals surface area contributed by atoms with E-state index < -0.39 is 0 Å². The number of nitrogens with one attached hydrogen (secondary N) is 1. The Morgan fingerprint density at radius 1 is 1.12 bits per heavy atom. The lowest BCUT2D eigenvalue weighted by atomic mass is 10.1. The quantitative estimate of drug-likeness (QED) is 0.750. The summed E-state index contributed by atoms with van der Waals surface area (Å²) in [5.74, 6) is -0.104. The maximum atomic E-state index is 12.2. The van der Waals surface area contributed by atoms with E-state index in [9.17, 15) is 4.79 Å². The number of rotatable bonds is 6. The van der Waals surface area contributed by atoms with Crippen LogP contribution >= 0.6 is 0 Å². The van der Waals surface area contributed by atoms with Gasteiger partial charge in [0.1, 0.15) is 0 Å². The van der Waals surface area contributed by atoms with Gasteiger partial charge in [-0.25, -0.2) is 0 Å². The van der Waals surface area contributed by atoms with Crippen LogP contribution in [-0.4, -0.2) is 27.2 Å². The first-order valence-electron chi connectivity index (χ1n) is 8.46. The second kappa shape index (κ2) is 7.75. The molecule has 3 aromatic rings. The van der Waals surface area contributed by atoms with Gasteiger partial charge < -0.3 is 5.32 Å². The van der Waals surface area contributed by atoms with E-state index >= 15 is 0 Å². The molecule has 3 rings (SSSR count). The minimum absolute atomic E-state index is 0.104. The molecule has 5 nitrogen and oxygen atoms in total. The summed E-state index contributed by atoms with van der Waals surface area (Å²) in [7, 11) is 0. The van der Waals surface area contributed by atoms with Gasteiger partial charge in [-0.05, 0) is 38.0 Å². The summed E-state index contributed by atoms with van der Waals surface area (Å²) in [5, 5.41) is 7.25. The molecule has 1 aromatic carbocycles. The zero-order chi connectivity index (χ0) is 17.6. The lowest BCUT2D eigenvalue weighted by Crippen LogP contribution is -2.25. The number of hydrogen-bond acceptors (Lipinski definition) is 3. The molecule has 0 radical (unpaired) electrons. The fourth-order valence-electron chi connectivity index (χ4n) is 2.52. The molecule has 0 spiro atoms. The molecule has 25 heavy (non-hydrogen) atoms. The van der Waals surface area contributed by atoms with Crippen LogP contribution in [0, 0.1) is 0 Å². The molecule has 0 aliphatic rings. The molecule has 0 saturated heterocycles. The SMILES string of the molecule is CC(C)n1cc(-c2ccc(C(=O)NCCc3ccccc3)cn2)cn1. The molecule has 0 aliphatic heterocycles. The fourth-order valence-corrected chi connectivity index (χ4v) is 2.52. The van der Waals surface area contributed by atoms with E-state index in [-0.39, 0.29) is 5.91 Å². The molecule has 0 fully saturated rings. The highest BCUT2D eigenvalue weighted by atomic mass is 16.1. The highest BCUT2D eigenvalue weighted by Gasteiger charge is 2.08. The van der Waals surface area contributed by atoms with Crippen molar-refractivity contribution in [3.05, 3.63) is 72.2 Å². The lowest BCUT2D eigenvalue weighted by molar-refractivity contribution is 0.0954. The molecule has 2 heterocycles. The zero-order valence-electron chi connectivity index (χ0n) is 14.5. The summed E-state index contributed by atoms with van der Waals surface area (Å²) in [5.41, 5.74) is 3.53. The number of aromatic nitrogens is 3. The third-order valence-electron chi connectivity index (χ3n) is 3.99. The van der Waals surface area contributed by atoms with E-state index in [1.165, 1.54) is 5.56 Å². The van der Waals surface area contributed by atoms with Gasteiger partial charge >= 0.3 is 0 Å². The van der Waals surface area contributed by atoms with Gasteiger partial charge in [-0.3, -0.25) is 14.5 Å². The van der Waals surface area contributed by atoms with Crippen molar-refractivity contribution >= 4 is 5.91 Å². The Hall–Kier alpha value is -2.95. The van der Waals surface area contributed by atoms with E-state index in [0.717, 1.165) is 17.7 Å². The Morgan fingerprint density at radius 3 is 2.56 bits per heavy atom. The Kier molecular flexibility index (Phi) is 5.23. The van der Waals surface area contributed by atoms with Crippen molar-refractivity contribution in [2.45, 2.75) is 26.3 Å². The Labute approximate surface area is 147 Å². The normalized spacial score (nSPS) is 10.8. The van der Waals surface area contributed by atoms with E-state index in [4.69, 9.17) is 0 Å². The van der Waals surface area contributed by atoms with E-state index in [1.807, 2.05) is 35.1 Å². The molecule has 128 valence electrons. The maximum Gasteiger partial charge on any atom is 0.252 e. The molecule has 2 aromatic heterocycles. The summed E-state index contributed by atoms with van der Waals surface area (Å²) in [6, 6.07) is 14.1. The second-order valence-corrected chi connectivity index (χ2v) is 6.23. The minimum atomic E-state index is -0.104. The molecule has 1 N–H and O–H groups in total. The topological polar surface area (TPSA) is 59.8 Å². The predicted octanol–water partition coefficient (Wildman–Crippen LogP) is 3.50. The Balaban J connectivity index is 1.58. The number of hydrogen-bond donors (Lipinski definition) is 1. The van der Waals surface area contributed by atoms with Crippen LogP contribution in [0.1, 0.15) is 35.8 Å². The lowest BCUT2D eigenvalue weighted by Gasteiger charge is -2.06. The molecule has 0 aliphatic carbocycles. The van der Waals surface area contributed by atoms with Crippen molar-refractivity contribution in [2.75, 3.05) is 6.54 Å². The highest BCUT2D eigenvalue weighted by Crippen LogP contribution is 2.17. The number of carbonyl (C=O) groups is 1. The number of pyridine rings is 1. The first kappa shape index (κ1) is 16.9. The maximum absolute atomic E-state index is 12.2. The van der Waals surface area contributed by atoms with E-state index in [1.54, 1.807) is 18.5 Å². The van der Waals surface area contributed by atoms with Crippen LogP contribution in [0.3, 0.4) is 0 Å². The van der Waals surface area contributed by atoms with Gasteiger partial charge in [0, 0.05) is 30.5 Å². The second-order valence-electron chi connectivity index (χ2n) is 6.23. The molecule has 0 saturated carbocycles. The van der Waals surface area contributed by atoms with Crippen LogP contribution in [0.15, 0.2) is 61.1 Å². The van der Waals surface area contributed by atoms with Crippen LogP contribution in [0.5, 0.6) is 0 Å². The first-order valence-corrected chi connectivity index (χ1v) is 8.46. The van der Waals surface area contributed by atoms with Crippen molar-refractivity contribution in [1.29, 1.82) is 0 Å². The van der Waals surface area contributed by atoms with Crippen LogP contribution in [0.2, 0.25) is 0 Å². The molecule has 0 atom stereocenters. The molecule has 0 bridgehead atoms. The third-order valence-corrected chi connectivity index (χ3v) is 3.99. The van der Waals surface area contributed by atoms with Gasteiger partial charge in [-0.2, -0.15) is 5.10 Å². The number of amides is 1. The van der Waals surface area contributed by atoms with Crippen molar-refractivity contribution in [2.24, 2.45) is 0 Å². The number of benzene rings is 1. The Morgan fingerprint density at radius 2 is 1.92 bits per heavy atom. The molecule has 0 unspecified atom stereocenters. The highest BCUT2D eigenvalue weighted by molar-refractivity contribution is 5.94. The van der Waals surface area contributed by atoms with Gasteiger partial charge in [0.15, 0.2) is 0 Å². The largest absolute Gasteiger partial charge is 0.352 e. The van der Waals surface area contributed by atoms with Crippen LogP contribution in [-0.2, 0) is 6.42 Å². The smallest absolute Gasteiger partial charge is 0.252 e. The molecular weight excluding hydrogens is 312 g/mol. The van der Waals surface area contributed by atoms with E-state index in [0.29, 0.717) is 18.2 Å². The average molecular weight is 334 g/mol. The molecule has 1 amide bonds. The van der Waals surface area contributed by atoms with E-state index in [2.05, 4.69) is 41.4 Å². The predicted molar refractivity (Wildman–Crippen MR) is 98.3 cm³/mol. The van der Waals surface area contributed by atoms with Gasteiger partial charge in [0.05, 0.1) is 17.5 Å². The molecule has 5 heteroatoms. The summed E-state index contributed by atoms with van der Waals surface area (Å²) in [6.07, 6.45) is 6.18. The minimum Gasteiger partial charge on any atom is -0.352 e.